The van der Waals surface area contributed by atoms with Crippen LogP contribution < -0.4 is 9.64 Å². The first-order valence-corrected chi connectivity index (χ1v) is 10.8. The maximum atomic E-state index is 13.1. The highest BCUT2D eigenvalue weighted by molar-refractivity contribution is 8.26. The standard InChI is InChI=1S/C22H15F3N2O4S2/c1-31-15-7-5-12(6-8-15)9-17-20(30)27(21(32)33-17)16-11-18(28)26(19(16)29)14-4-2-3-13(10-14)22(23,24)25/h2-10,16H,11H2,1H3/b17-9-/t16-/m0/s1. The molecular formula is C22H15F3N2O4S2. The Kier molecular flexibility index (Phi) is 6.02. The van der Waals surface area contributed by atoms with Crippen molar-refractivity contribution in [2.45, 2.75) is 18.6 Å². The van der Waals surface area contributed by atoms with E-state index in [1.165, 1.54) is 13.2 Å². The highest BCUT2D eigenvalue weighted by Crippen LogP contribution is 2.38. The molecule has 4 rings (SSSR count). The van der Waals surface area contributed by atoms with Crippen LogP contribution in [-0.4, -0.2) is 40.1 Å². The van der Waals surface area contributed by atoms with E-state index in [-0.39, 0.29) is 21.3 Å². The fraction of sp³-hybridized carbons (Fsp3) is 0.182. The lowest BCUT2D eigenvalue weighted by Crippen LogP contribution is -2.44. The number of thiocarbonyl (C=S) groups is 1. The zero-order chi connectivity index (χ0) is 23.9. The van der Waals surface area contributed by atoms with Crippen LogP contribution in [0.5, 0.6) is 5.75 Å². The number of methoxy groups -OCH3 is 1. The molecule has 3 amide bonds. The number of imide groups is 1. The number of thioether (sulfide) groups is 1. The van der Waals surface area contributed by atoms with Gasteiger partial charge in [-0.05, 0) is 42.0 Å². The Bertz CT molecular complexity index is 1190. The van der Waals surface area contributed by atoms with Gasteiger partial charge in [-0.15, -0.1) is 0 Å². The molecule has 0 unspecified atom stereocenters. The molecular weight excluding hydrogens is 477 g/mol. The maximum absolute atomic E-state index is 13.1. The predicted molar refractivity (Wildman–Crippen MR) is 120 cm³/mol. The summed E-state index contributed by atoms with van der Waals surface area (Å²) in [4.78, 5) is 40.6. The van der Waals surface area contributed by atoms with Gasteiger partial charge in [-0.3, -0.25) is 19.3 Å². The number of anilines is 1. The van der Waals surface area contributed by atoms with Gasteiger partial charge in [0.25, 0.3) is 11.8 Å². The fourth-order valence-electron chi connectivity index (χ4n) is 3.51. The Balaban J connectivity index is 1.59. The van der Waals surface area contributed by atoms with Crippen LogP contribution in [0.15, 0.2) is 53.4 Å². The SMILES string of the molecule is COc1ccc(/C=C2\SC(=S)N([C@H]3CC(=O)N(c4cccc(C(F)(F)F)c4)C3=O)C2=O)cc1. The van der Waals surface area contributed by atoms with Crippen molar-refractivity contribution < 1.29 is 32.3 Å². The first kappa shape index (κ1) is 23.0. The molecule has 0 bridgehead atoms. The Labute approximate surface area is 196 Å². The average molecular weight is 493 g/mol. The van der Waals surface area contributed by atoms with E-state index in [2.05, 4.69) is 0 Å². The summed E-state index contributed by atoms with van der Waals surface area (Å²) in [5.41, 5.74) is -0.491. The quantitative estimate of drug-likeness (QED) is 0.361. The number of carbonyl (C=O) groups is 3. The van der Waals surface area contributed by atoms with E-state index < -0.39 is 35.5 Å². The van der Waals surface area contributed by atoms with Crippen LogP contribution in [0.2, 0.25) is 0 Å². The molecule has 0 aliphatic carbocycles. The minimum absolute atomic E-state index is 0.0943. The number of carbonyl (C=O) groups excluding carboxylic acids is 3. The number of rotatable bonds is 4. The van der Waals surface area contributed by atoms with Gasteiger partial charge in [-0.2, -0.15) is 13.2 Å². The predicted octanol–water partition coefficient (Wildman–Crippen LogP) is 4.25. The minimum Gasteiger partial charge on any atom is -0.497 e. The van der Waals surface area contributed by atoms with Crippen molar-refractivity contribution in [2.75, 3.05) is 12.0 Å². The van der Waals surface area contributed by atoms with Crippen LogP contribution in [0.4, 0.5) is 18.9 Å². The molecule has 1 atom stereocenters. The molecule has 170 valence electrons. The second-order valence-electron chi connectivity index (χ2n) is 7.16. The first-order chi connectivity index (χ1) is 15.6. The molecule has 33 heavy (non-hydrogen) atoms. The highest BCUT2D eigenvalue weighted by atomic mass is 32.2. The van der Waals surface area contributed by atoms with Crippen LogP contribution in [0, 0.1) is 0 Å². The number of hydrogen-bond donors (Lipinski definition) is 0. The van der Waals surface area contributed by atoms with Gasteiger partial charge in [0.2, 0.25) is 5.91 Å². The molecule has 2 aliphatic rings. The summed E-state index contributed by atoms with van der Waals surface area (Å²) in [6.45, 7) is 0. The number of benzene rings is 2. The molecule has 0 N–H and O–H groups in total. The molecule has 0 spiro atoms. The Hall–Kier alpha value is -3.18. The summed E-state index contributed by atoms with van der Waals surface area (Å²) in [7, 11) is 1.53. The van der Waals surface area contributed by atoms with E-state index in [1.807, 2.05) is 0 Å². The smallest absolute Gasteiger partial charge is 0.416 e. The fourth-order valence-corrected chi connectivity index (χ4v) is 4.87. The van der Waals surface area contributed by atoms with Crippen LogP contribution >= 0.6 is 24.0 Å². The number of halogens is 3. The van der Waals surface area contributed by atoms with Gasteiger partial charge in [-0.1, -0.05) is 42.2 Å². The van der Waals surface area contributed by atoms with Gasteiger partial charge >= 0.3 is 6.18 Å². The van der Waals surface area contributed by atoms with Crippen molar-refractivity contribution in [2.24, 2.45) is 0 Å². The molecule has 0 radical (unpaired) electrons. The van der Waals surface area contributed by atoms with E-state index in [4.69, 9.17) is 17.0 Å². The van der Waals surface area contributed by atoms with E-state index in [9.17, 15) is 27.6 Å². The van der Waals surface area contributed by atoms with Crippen molar-refractivity contribution in [1.82, 2.24) is 4.90 Å². The summed E-state index contributed by atoms with van der Waals surface area (Å²) in [5, 5.41) is 0. The van der Waals surface area contributed by atoms with Crippen molar-refractivity contribution in [3.05, 3.63) is 64.6 Å². The molecule has 6 nitrogen and oxygen atoms in total. The zero-order valence-corrected chi connectivity index (χ0v) is 18.6. The lowest BCUT2D eigenvalue weighted by Gasteiger charge is -2.21. The summed E-state index contributed by atoms with van der Waals surface area (Å²) < 4.78 is 44.4. The van der Waals surface area contributed by atoms with E-state index in [0.717, 1.165) is 34.9 Å². The zero-order valence-electron chi connectivity index (χ0n) is 17.0. The van der Waals surface area contributed by atoms with Gasteiger partial charge in [0.15, 0.2) is 0 Å². The number of hydrogen-bond acceptors (Lipinski definition) is 6. The van der Waals surface area contributed by atoms with E-state index in [1.54, 1.807) is 30.3 Å². The van der Waals surface area contributed by atoms with E-state index >= 15 is 0 Å². The second kappa shape index (κ2) is 8.64. The maximum Gasteiger partial charge on any atom is 0.416 e. The summed E-state index contributed by atoms with van der Waals surface area (Å²) in [6.07, 6.45) is -3.41. The first-order valence-electron chi connectivity index (χ1n) is 9.55. The molecule has 2 fully saturated rings. The van der Waals surface area contributed by atoms with Crippen molar-refractivity contribution in [3.8, 4) is 5.75 Å². The lowest BCUT2D eigenvalue weighted by molar-refractivity contribution is -0.137. The van der Waals surface area contributed by atoms with Crippen LogP contribution in [0.25, 0.3) is 6.08 Å². The molecule has 2 heterocycles. The van der Waals surface area contributed by atoms with Crippen LogP contribution in [0.3, 0.4) is 0 Å². The molecule has 2 aromatic carbocycles. The normalized spacial score (nSPS) is 20.4. The molecule has 0 saturated carbocycles. The Morgan fingerprint density at radius 3 is 2.45 bits per heavy atom. The van der Waals surface area contributed by atoms with Gasteiger partial charge in [0, 0.05) is 0 Å². The van der Waals surface area contributed by atoms with Crippen LogP contribution in [0.1, 0.15) is 17.5 Å². The number of amides is 3. The molecule has 11 heteroatoms. The van der Waals surface area contributed by atoms with E-state index in [0.29, 0.717) is 16.2 Å². The number of alkyl halides is 3. The van der Waals surface area contributed by atoms with Crippen LogP contribution in [-0.2, 0) is 20.6 Å². The van der Waals surface area contributed by atoms with Crippen molar-refractivity contribution in [1.29, 1.82) is 0 Å². The highest BCUT2D eigenvalue weighted by Gasteiger charge is 2.49. The Morgan fingerprint density at radius 1 is 1.12 bits per heavy atom. The summed E-state index contributed by atoms with van der Waals surface area (Å²) in [6, 6.07) is 9.63. The second-order valence-corrected chi connectivity index (χ2v) is 8.84. The van der Waals surface area contributed by atoms with Crippen molar-refractivity contribution in [3.63, 3.8) is 0 Å². The third-order valence-electron chi connectivity index (χ3n) is 5.10. The Morgan fingerprint density at radius 2 is 1.82 bits per heavy atom. The summed E-state index contributed by atoms with van der Waals surface area (Å²) in [5.74, 6) is -1.42. The molecule has 0 aromatic heterocycles. The molecule has 2 aromatic rings. The number of nitrogens with zero attached hydrogens (tertiary/aromatic N) is 2. The minimum atomic E-state index is -4.63. The number of ether oxygens (including phenoxy) is 1. The van der Waals surface area contributed by atoms with Crippen molar-refractivity contribution >= 4 is 57.8 Å². The van der Waals surface area contributed by atoms with Gasteiger partial charge in [0.05, 0.1) is 29.7 Å². The van der Waals surface area contributed by atoms with Gasteiger partial charge in [0.1, 0.15) is 16.1 Å². The van der Waals surface area contributed by atoms with Gasteiger partial charge in [-0.25, -0.2) is 4.90 Å². The average Bonchev–Trinajstić information content (AvgIpc) is 3.21. The largest absolute Gasteiger partial charge is 0.497 e. The molecule has 2 saturated heterocycles. The topological polar surface area (TPSA) is 66.9 Å². The third-order valence-corrected chi connectivity index (χ3v) is 6.43. The third kappa shape index (κ3) is 4.38. The monoisotopic (exact) mass is 492 g/mol. The molecule has 2 aliphatic heterocycles. The lowest BCUT2D eigenvalue weighted by atomic mass is 10.1. The van der Waals surface area contributed by atoms with Gasteiger partial charge < -0.3 is 4.74 Å². The summed E-state index contributed by atoms with van der Waals surface area (Å²) >= 11 is 6.27.